The Morgan fingerprint density at radius 1 is 1.32 bits per heavy atom. The number of amides is 1. The van der Waals surface area contributed by atoms with Crippen molar-refractivity contribution in [3.63, 3.8) is 0 Å². The lowest BCUT2D eigenvalue weighted by molar-refractivity contribution is 0.102. The zero-order valence-corrected chi connectivity index (χ0v) is 11.7. The molecule has 1 amide bonds. The molecule has 3 N–H and O–H groups in total. The fourth-order valence-electron chi connectivity index (χ4n) is 1.45. The molecule has 0 saturated heterocycles. The Hall–Kier alpha value is -1.79. The van der Waals surface area contributed by atoms with Gasteiger partial charge in [0.05, 0.1) is 11.3 Å². The standard InChI is InChI=1S/C12H8BrClN2O3/c13-8-5-7(14)1-2-9(8)15-12(19)6-3-10(17)16-11(18)4-6/h1-5H,(H,15,19)(H2,16,17,18). The number of nitrogens with one attached hydrogen (secondary N) is 2. The lowest BCUT2D eigenvalue weighted by Crippen LogP contribution is -2.16. The number of rotatable bonds is 2. The van der Waals surface area contributed by atoms with Gasteiger partial charge in [-0.05, 0) is 34.1 Å². The van der Waals surface area contributed by atoms with Crippen molar-refractivity contribution in [3.8, 4) is 5.88 Å². The quantitative estimate of drug-likeness (QED) is 0.784. The van der Waals surface area contributed by atoms with E-state index < -0.39 is 11.5 Å². The van der Waals surface area contributed by atoms with E-state index in [4.69, 9.17) is 11.6 Å². The first-order chi connectivity index (χ1) is 8.95. The van der Waals surface area contributed by atoms with Crippen LogP contribution in [0, 0.1) is 0 Å². The van der Waals surface area contributed by atoms with E-state index in [9.17, 15) is 14.7 Å². The van der Waals surface area contributed by atoms with E-state index in [0.29, 0.717) is 15.2 Å². The Morgan fingerprint density at radius 3 is 2.68 bits per heavy atom. The Balaban J connectivity index is 2.28. The first-order valence-electron chi connectivity index (χ1n) is 5.15. The van der Waals surface area contributed by atoms with Crippen molar-refractivity contribution in [3.05, 3.63) is 55.7 Å². The van der Waals surface area contributed by atoms with Gasteiger partial charge < -0.3 is 10.4 Å². The molecule has 1 aromatic heterocycles. The van der Waals surface area contributed by atoms with Crippen LogP contribution >= 0.6 is 27.5 Å². The summed E-state index contributed by atoms with van der Waals surface area (Å²) in [5, 5.41) is 12.4. The fraction of sp³-hybridized carbons (Fsp3) is 0. The molecule has 0 saturated carbocycles. The molecule has 2 aromatic rings. The number of benzene rings is 1. The second-order valence-corrected chi connectivity index (χ2v) is 4.99. The first-order valence-corrected chi connectivity index (χ1v) is 6.32. The highest BCUT2D eigenvalue weighted by molar-refractivity contribution is 9.10. The van der Waals surface area contributed by atoms with Crippen LogP contribution in [-0.2, 0) is 0 Å². The SMILES string of the molecule is O=C(Nc1ccc(Cl)cc1Br)c1cc(O)[nH]c(=O)c1. The van der Waals surface area contributed by atoms with Crippen LogP contribution in [0.2, 0.25) is 5.02 Å². The summed E-state index contributed by atoms with van der Waals surface area (Å²) in [7, 11) is 0. The van der Waals surface area contributed by atoms with Gasteiger partial charge in [-0.3, -0.25) is 14.6 Å². The lowest BCUT2D eigenvalue weighted by atomic mass is 10.2. The van der Waals surface area contributed by atoms with Gasteiger partial charge in [0.2, 0.25) is 0 Å². The van der Waals surface area contributed by atoms with Crippen LogP contribution in [0.1, 0.15) is 10.4 Å². The number of anilines is 1. The Kier molecular flexibility index (Phi) is 3.92. The summed E-state index contributed by atoms with van der Waals surface area (Å²) in [6.07, 6.45) is 0. The Labute approximate surface area is 121 Å². The topological polar surface area (TPSA) is 82.2 Å². The predicted molar refractivity (Wildman–Crippen MR) is 75.8 cm³/mol. The largest absolute Gasteiger partial charge is 0.494 e. The summed E-state index contributed by atoms with van der Waals surface area (Å²) in [4.78, 5) is 25.2. The molecule has 0 unspecified atom stereocenters. The number of hydrogen-bond donors (Lipinski definition) is 3. The summed E-state index contributed by atoms with van der Waals surface area (Å²) in [6.45, 7) is 0. The molecule has 5 nitrogen and oxygen atoms in total. The van der Waals surface area contributed by atoms with E-state index in [1.165, 1.54) is 6.07 Å². The van der Waals surface area contributed by atoms with E-state index in [0.717, 1.165) is 6.07 Å². The number of carbonyl (C=O) groups excluding carboxylic acids is 1. The van der Waals surface area contributed by atoms with Gasteiger partial charge in [-0.2, -0.15) is 0 Å². The number of aromatic amines is 1. The van der Waals surface area contributed by atoms with Crippen LogP contribution in [0.3, 0.4) is 0 Å². The van der Waals surface area contributed by atoms with Crippen molar-refractivity contribution in [2.45, 2.75) is 0 Å². The van der Waals surface area contributed by atoms with Crippen molar-refractivity contribution in [2.75, 3.05) is 5.32 Å². The molecule has 2 rings (SSSR count). The molecule has 1 heterocycles. The van der Waals surface area contributed by atoms with Gasteiger partial charge in [-0.25, -0.2) is 0 Å². The summed E-state index contributed by atoms with van der Waals surface area (Å²) in [5.74, 6) is -0.878. The highest BCUT2D eigenvalue weighted by Gasteiger charge is 2.10. The molecule has 0 aliphatic carbocycles. The predicted octanol–water partition coefficient (Wildman–Crippen LogP) is 2.75. The minimum absolute atomic E-state index is 0.0584. The van der Waals surface area contributed by atoms with Gasteiger partial charge >= 0.3 is 0 Å². The van der Waals surface area contributed by atoms with Crippen molar-refractivity contribution >= 4 is 39.1 Å². The molecule has 98 valence electrons. The zero-order valence-electron chi connectivity index (χ0n) is 9.41. The molecule has 0 atom stereocenters. The van der Waals surface area contributed by atoms with Crippen LogP contribution in [-0.4, -0.2) is 16.0 Å². The highest BCUT2D eigenvalue weighted by Crippen LogP contribution is 2.26. The number of hydrogen-bond acceptors (Lipinski definition) is 3. The third-order valence-corrected chi connectivity index (χ3v) is 3.16. The maximum atomic E-state index is 11.9. The molecule has 0 spiro atoms. The monoisotopic (exact) mass is 342 g/mol. The summed E-state index contributed by atoms with van der Waals surface area (Å²) in [5.41, 5.74) is 0.0117. The maximum Gasteiger partial charge on any atom is 0.256 e. The van der Waals surface area contributed by atoms with Crippen LogP contribution in [0.5, 0.6) is 5.88 Å². The number of H-pyrrole nitrogens is 1. The lowest BCUT2D eigenvalue weighted by Gasteiger charge is -2.07. The van der Waals surface area contributed by atoms with Crippen LogP contribution in [0.15, 0.2) is 39.6 Å². The minimum Gasteiger partial charge on any atom is -0.494 e. The normalized spacial score (nSPS) is 10.2. The van der Waals surface area contributed by atoms with Gasteiger partial charge in [-0.1, -0.05) is 11.6 Å². The van der Waals surface area contributed by atoms with Gasteiger partial charge in [0, 0.05) is 21.6 Å². The van der Waals surface area contributed by atoms with E-state index >= 15 is 0 Å². The first kappa shape index (κ1) is 13.6. The molecule has 0 bridgehead atoms. The van der Waals surface area contributed by atoms with E-state index in [-0.39, 0.29) is 11.4 Å². The smallest absolute Gasteiger partial charge is 0.256 e. The van der Waals surface area contributed by atoms with E-state index in [1.807, 2.05) is 0 Å². The molecule has 0 aliphatic rings. The molecule has 1 aromatic carbocycles. The van der Waals surface area contributed by atoms with Crippen LogP contribution < -0.4 is 10.9 Å². The van der Waals surface area contributed by atoms with Gasteiger partial charge in [0.1, 0.15) is 0 Å². The average molecular weight is 344 g/mol. The van der Waals surface area contributed by atoms with Crippen LogP contribution in [0.25, 0.3) is 0 Å². The molecule has 0 fully saturated rings. The van der Waals surface area contributed by atoms with E-state index in [1.54, 1.807) is 18.2 Å². The summed E-state index contributed by atoms with van der Waals surface area (Å²) < 4.78 is 0.613. The summed E-state index contributed by atoms with van der Waals surface area (Å²) >= 11 is 9.05. The molecular weight excluding hydrogens is 336 g/mol. The second-order valence-electron chi connectivity index (χ2n) is 3.70. The number of aromatic nitrogens is 1. The van der Waals surface area contributed by atoms with Crippen molar-refractivity contribution in [1.82, 2.24) is 4.98 Å². The third kappa shape index (κ3) is 3.36. The molecule has 0 aliphatic heterocycles. The van der Waals surface area contributed by atoms with Gasteiger partial charge in [0.15, 0.2) is 5.88 Å². The maximum absolute atomic E-state index is 11.9. The number of carbonyl (C=O) groups is 1. The third-order valence-electron chi connectivity index (χ3n) is 2.27. The molecule has 19 heavy (non-hydrogen) atoms. The van der Waals surface area contributed by atoms with Crippen molar-refractivity contribution in [2.24, 2.45) is 0 Å². The minimum atomic E-state index is -0.555. The Morgan fingerprint density at radius 2 is 2.05 bits per heavy atom. The second kappa shape index (κ2) is 5.46. The molecule has 7 heteroatoms. The van der Waals surface area contributed by atoms with Gasteiger partial charge in [0.25, 0.3) is 11.5 Å². The molecule has 0 radical (unpaired) electrons. The summed E-state index contributed by atoms with van der Waals surface area (Å²) in [6, 6.07) is 7.14. The van der Waals surface area contributed by atoms with Crippen molar-refractivity contribution < 1.29 is 9.90 Å². The van der Waals surface area contributed by atoms with Gasteiger partial charge in [-0.15, -0.1) is 0 Å². The average Bonchev–Trinajstić information content (AvgIpc) is 2.31. The number of halogens is 2. The highest BCUT2D eigenvalue weighted by atomic mass is 79.9. The van der Waals surface area contributed by atoms with Crippen molar-refractivity contribution in [1.29, 1.82) is 0 Å². The molecular formula is C12H8BrClN2O3. The zero-order chi connectivity index (χ0) is 14.0. The fourth-order valence-corrected chi connectivity index (χ4v) is 2.23. The number of aromatic hydroxyl groups is 1. The number of pyridine rings is 1. The van der Waals surface area contributed by atoms with Crippen LogP contribution in [0.4, 0.5) is 5.69 Å². The van der Waals surface area contributed by atoms with E-state index in [2.05, 4.69) is 26.2 Å². The Bertz CT molecular complexity index is 700.